The number of hydrogen-bond acceptors (Lipinski definition) is 4. The van der Waals surface area contributed by atoms with Crippen LogP contribution in [0.5, 0.6) is 0 Å². The highest BCUT2D eigenvalue weighted by Crippen LogP contribution is 2.39. The van der Waals surface area contributed by atoms with E-state index in [1.165, 1.54) is 11.1 Å². The standard InChI is InChI=1S/C49H31N3O/c1-4-13-32(14-5-1)33-23-25-36(26-24-33)47-50-48(37-27-28-43-45(31-37)53-44-22-12-21-39(46(43)44)35-17-8-3-9-18-35)52-49(51-47)42-30-29-38(34-15-6-2-7-16-34)40-19-10-11-20-41(40)42/h1-31H. The fourth-order valence-electron chi connectivity index (χ4n) is 7.38. The molecule has 0 fully saturated rings. The Bertz CT molecular complexity index is 2920. The normalized spacial score (nSPS) is 11.4. The van der Waals surface area contributed by atoms with Gasteiger partial charge in [-0.2, -0.15) is 0 Å². The first-order valence-electron chi connectivity index (χ1n) is 17.8. The number of hydrogen-bond donors (Lipinski definition) is 0. The van der Waals surface area contributed by atoms with Gasteiger partial charge in [-0.25, -0.2) is 15.0 Å². The van der Waals surface area contributed by atoms with Gasteiger partial charge in [0.15, 0.2) is 17.5 Å². The summed E-state index contributed by atoms with van der Waals surface area (Å²) in [5.41, 5.74) is 11.3. The molecule has 2 aromatic heterocycles. The number of benzene rings is 8. The quantitative estimate of drug-likeness (QED) is 0.176. The molecule has 0 N–H and O–H groups in total. The molecule has 8 aromatic carbocycles. The molecule has 0 atom stereocenters. The van der Waals surface area contributed by atoms with E-state index in [2.05, 4.69) is 164 Å². The van der Waals surface area contributed by atoms with E-state index in [9.17, 15) is 0 Å². The minimum absolute atomic E-state index is 0.582. The Morgan fingerprint density at radius 1 is 0.283 bits per heavy atom. The maximum atomic E-state index is 6.50. The number of fused-ring (bicyclic) bond motifs is 4. The number of rotatable bonds is 6. The van der Waals surface area contributed by atoms with Gasteiger partial charge < -0.3 is 4.42 Å². The summed E-state index contributed by atoms with van der Waals surface area (Å²) < 4.78 is 6.50. The molecule has 10 aromatic rings. The highest BCUT2D eigenvalue weighted by molar-refractivity contribution is 6.13. The first kappa shape index (κ1) is 30.6. The maximum absolute atomic E-state index is 6.50. The minimum Gasteiger partial charge on any atom is -0.456 e. The van der Waals surface area contributed by atoms with E-state index in [0.717, 1.165) is 71.7 Å². The van der Waals surface area contributed by atoms with Crippen molar-refractivity contribution in [1.82, 2.24) is 15.0 Å². The van der Waals surface area contributed by atoms with Gasteiger partial charge in [0.25, 0.3) is 0 Å². The van der Waals surface area contributed by atoms with Crippen molar-refractivity contribution in [3.05, 3.63) is 188 Å². The molecule has 4 heteroatoms. The van der Waals surface area contributed by atoms with Gasteiger partial charge in [0.05, 0.1) is 0 Å². The zero-order valence-electron chi connectivity index (χ0n) is 28.6. The van der Waals surface area contributed by atoms with Gasteiger partial charge in [-0.1, -0.05) is 164 Å². The van der Waals surface area contributed by atoms with Gasteiger partial charge in [-0.3, -0.25) is 0 Å². The van der Waals surface area contributed by atoms with Gasteiger partial charge in [-0.15, -0.1) is 0 Å². The second-order valence-corrected chi connectivity index (χ2v) is 13.2. The Hall–Kier alpha value is -7.17. The molecule has 0 radical (unpaired) electrons. The van der Waals surface area contributed by atoms with Gasteiger partial charge >= 0.3 is 0 Å². The molecule has 0 unspecified atom stereocenters. The first-order valence-corrected chi connectivity index (χ1v) is 17.8. The third-order valence-electron chi connectivity index (χ3n) is 9.98. The Kier molecular flexibility index (Phi) is 7.43. The Labute approximate surface area is 306 Å². The summed E-state index contributed by atoms with van der Waals surface area (Å²) in [6, 6.07) is 65.1. The molecular weight excluding hydrogens is 647 g/mol. The summed E-state index contributed by atoms with van der Waals surface area (Å²) in [4.78, 5) is 15.4. The number of aromatic nitrogens is 3. The number of nitrogens with zero attached hydrogens (tertiary/aromatic N) is 3. The van der Waals surface area contributed by atoms with Crippen molar-refractivity contribution in [3.63, 3.8) is 0 Å². The highest BCUT2D eigenvalue weighted by Gasteiger charge is 2.18. The molecule has 0 saturated heterocycles. The molecule has 0 aliphatic rings. The van der Waals surface area contributed by atoms with Crippen molar-refractivity contribution in [2.75, 3.05) is 0 Å². The monoisotopic (exact) mass is 677 g/mol. The van der Waals surface area contributed by atoms with E-state index < -0.39 is 0 Å². The van der Waals surface area contributed by atoms with E-state index in [-0.39, 0.29) is 0 Å². The molecule has 248 valence electrons. The molecule has 53 heavy (non-hydrogen) atoms. The van der Waals surface area contributed by atoms with Crippen LogP contribution in [0.3, 0.4) is 0 Å². The molecule has 0 aliphatic carbocycles. The van der Waals surface area contributed by atoms with Gasteiger partial charge in [0.2, 0.25) is 0 Å². The third kappa shape index (κ3) is 5.54. The second kappa shape index (κ2) is 12.9. The Morgan fingerprint density at radius 2 is 0.792 bits per heavy atom. The van der Waals surface area contributed by atoms with Crippen molar-refractivity contribution in [2.24, 2.45) is 0 Å². The fourth-order valence-corrected chi connectivity index (χ4v) is 7.38. The molecule has 0 aliphatic heterocycles. The third-order valence-corrected chi connectivity index (χ3v) is 9.98. The predicted molar refractivity (Wildman–Crippen MR) is 217 cm³/mol. The lowest BCUT2D eigenvalue weighted by Crippen LogP contribution is -2.01. The molecule has 0 bridgehead atoms. The van der Waals surface area contributed by atoms with Crippen molar-refractivity contribution in [1.29, 1.82) is 0 Å². The zero-order valence-corrected chi connectivity index (χ0v) is 28.6. The van der Waals surface area contributed by atoms with Gasteiger partial charge in [-0.05, 0) is 68.4 Å². The van der Waals surface area contributed by atoms with Crippen LogP contribution in [-0.2, 0) is 0 Å². The second-order valence-electron chi connectivity index (χ2n) is 13.2. The van der Waals surface area contributed by atoms with E-state index in [4.69, 9.17) is 19.4 Å². The first-order chi connectivity index (χ1) is 26.3. The van der Waals surface area contributed by atoms with Crippen LogP contribution in [0.1, 0.15) is 0 Å². The molecule has 0 spiro atoms. The van der Waals surface area contributed by atoms with E-state index in [1.54, 1.807) is 0 Å². The van der Waals surface area contributed by atoms with Crippen LogP contribution < -0.4 is 0 Å². The smallest absolute Gasteiger partial charge is 0.164 e. The molecule has 2 heterocycles. The zero-order chi connectivity index (χ0) is 35.1. The SMILES string of the molecule is c1ccc(-c2ccc(-c3nc(-c4ccc5c(c4)oc4cccc(-c6ccccc6)c45)nc(-c4ccc(-c5ccccc5)c5ccccc45)n3)cc2)cc1. The summed E-state index contributed by atoms with van der Waals surface area (Å²) in [6.07, 6.45) is 0. The topological polar surface area (TPSA) is 51.8 Å². The largest absolute Gasteiger partial charge is 0.456 e. The van der Waals surface area contributed by atoms with Crippen molar-refractivity contribution in [2.45, 2.75) is 0 Å². The predicted octanol–water partition coefficient (Wildman–Crippen LogP) is 12.9. The molecule has 0 saturated carbocycles. The summed E-state index contributed by atoms with van der Waals surface area (Å²) >= 11 is 0. The lowest BCUT2D eigenvalue weighted by molar-refractivity contribution is 0.669. The van der Waals surface area contributed by atoms with Gasteiger partial charge in [0.1, 0.15) is 11.2 Å². The van der Waals surface area contributed by atoms with Crippen LogP contribution in [0, 0.1) is 0 Å². The van der Waals surface area contributed by atoms with Crippen molar-refractivity contribution < 1.29 is 4.42 Å². The molecule has 10 rings (SSSR count). The lowest BCUT2D eigenvalue weighted by Gasteiger charge is -2.13. The van der Waals surface area contributed by atoms with Crippen LogP contribution in [0.15, 0.2) is 192 Å². The summed E-state index contributed by atoms with van der Waals surface area (Å²) in [5, 5.41) is 4.37. The Balaban J connectivity index is 1.15. The van der Waals surface area contributed by atoms with E-state index in [1.807, 2.05) is 24.3 Å². The van der Waals surface area contributed by atoms with Crippen molar-refractivity contribution >= 4 is 32.7 Å². The van der Waals surface area contributed by atoms with Crippen LogP contribution >= 0.6 is 0 Å². The molecule has 0 amide bonds. The van der Waals surface area contributed by atoms with Crippen LogP contribution in [-0.4, -0.2) is 15.0 Å². The molecule has 4 nitrogen and oxygen atoms in total. The summed E-state index contributed by atoms with van der Waals surface area (Å²) in [5.74, 6) is 1.81. The summed E-state index contributed by atoms with van der Waals surface area (Å²) in [6.45, 7) is 0. The summed E-state index contributed by atoms with van der Waals surface area (Å²) in [7, 11) is 0. The highest BCUT2D eigenvalue weighted by atomic mass is 16.3. The minimum atomic E-state index is 0.582. The van der Waals surface area contributed by atoms with E-state index >= 15 is 0 Å². The van der Waals surface area contributed by atoms with Crippen LogP contribution in [0.25, 0.3) is 100 Å². The van der Waals surface area contributed by atoms with Crippen LogP contribution in [0.4, 0.5) is 0 Å². The average Bonchev–Trinajstić information content (AvgIpc) is 3.62. The molecular formula is C49H31N3O. The van der Waals surface area contributed by atoms with E-state index in [0.29, 0.717) is 17.5 Å². The van der Waals surface area contributed by atoms with Crippen LogP contribution in [0.2, 0.25) is 0 Å². The van der Waals surface area contributed by atoms with Crippen molar-refractivity contribution in [3.8, 4) is 67.5 Å². The maximum Gasteiger partial charge on any atom is 0.164 e. The fraction of sp³-hybridized carbons (Fsp3) is 0. The average molecular weight is 678 g/mol. The van der Waals surface area contributed by atoms with Gasteiger partial charge in [0, 0.05) is 27.5 Å². The lowest BCUT2D eigenvalue weighted by atomic mass is 9.94. The number of furan rings is 1. The Morgan fingerprint density at radius 3 is 1.49 bits per heavy atom.